The van der Waals surface area contributed by atoms with Gasteiger partial charge in [0.15, 0.2) is 5.82 Å². The normalized spacial score (nSPS) is 11.0. The molecule has 7 nitrogen and oxygen atoms in total. The molecule has 2 aromatic heterocycles. The molecule has 2 aromatic carbocycles. The van der Waals surface area contributed by atoms with Gasteiger partial charge in [-0.05, 0) is 36.4 Å². The molecule has 4 rings (SSSR count). The third-order valence-corrected chi connectivity index (χ3v) is 5.67. The summed E-state index contributed by atoms with van der Waals surface area (Å²) in [4.78, 5) is 24.3. The maximum Gasteiger partial charge on any atom is 0.222 e. The lowest BCUT2D eigenvalue weighted by Crippen LogP contribution is -2.33. The maximum atomic E-state index is 12.5. The number of carbonyl (C=O) groups is 1. The van der Waals surface area contributed by atoms with Crippen LogP contribution in [-0.4, -0.2) is 42.7 Å². The van der Waals surface area contributed by atoms with Gasteiger partial charge < -0.3 is 19.4 Å². The van der Waals surface area contributed by atoms with E-state index in [1.54, 1.807) is 19.4 Å². The quantitative estimate of drug-likeness (QED) is 0.331. The van der Waals surface area contributed by atoms with Crippen LogP contribution in [-0.2, 0) is 16.1 Å². The van der Waals surface area contributed by atoms with E-state index in [0.717, 1.165) is 32.5 Å². The molecule has 0 saturated carbocycles. The fraction of sp³-hybridized carbons (Fsp3) is 0.240. The van der Waals surface area contributed by atoms with Crippen LogP contribution in [0.2, 0.25) is 0 Å². The predicted octanol–water partition coefficient (Wildman–Crippen LogP) is 4.81. The number of benzene rings is 2. The summed E-state index contributed by atoms with van der Waals surface area (Å²) in [6.07, 6.45) is 1.91. The first kappa shape index (κ1) is 22.9. The molecule has 0 bridgehead atoms. The summed E-state index contributed by atoms with van der Waals surface area (Å²) in [6, 6.07) is 19.5. The lowest BCUT2D eigenvalue weighted by atomic mass is 10.1. The van der Waals surface area contributed by atoms with Crippen molar-refractivity contribution in [2.75, 3.05) is 31.7 Å². The minimum atomic E-state index is -0.0561. The third kappa shape index (κ3) is 5.97. The van der Waals surface area contributed by atoms with E-state index in [4.69, 9.17) is 19.1 Å². The molecule has 1 amide bonds. The van der Waals surface area contributed by atoms with Gasteiger partial charge in [-0.2, -0.15) is 0 Å². The molecular weight excluding hydrogens is 484 g/mol. The molecule has 0 unspecified atom stereocenters. The van der Waals surface area contributed by atoms with Crippen molar-refractivity contribution < 1.29 is 13.9 Å². The molecule has 4 aromatic rings. The van der Waals surface area contributed by atoms with Crippen LogP contribution in [0, 0.1) is 0 Å². The Morgan fingerprint density at radius 3 is 2.76 bits per heavy atom. The summed E-state index contributed by atoms with van der Waals surface area (Å²) in [5.74, 6) is 2.08. The van der Waals surface area contributed by atoms with Gasteiger partial charge in [-0.1, -0.05) is 40.2 Å². The number of ether oxygens (including phenoxy) is 1. The highest BCUT2D eigenvalue weighted by Gasteiger charge is 2.17. The van der Waals surface area contributed by atoms with Gasteiger partial charge in [-0.15, -0.1) is 0 Å². The number of anilines is 1. The smallest absolute Gasteiger partial charge is 0.222 e. The molecule has 33 heavy (non-hydrogen) atoms. The zero-order valence-electron chi connectivity index (χ0n) is 18.3. The molecule has 0 aliphatic heterocycles. The SMILES string of the molecule is COCCN(CCC(=O)NCc1ccco1)c1nc(-c2cccc(Br)c2)nc2ccccc12. The maximum absolute atomic E-state index is 12.5. The zero-order valence-corrected chi connectivity index (χ0v) is 19.9. The van der Waals surface area contributed by atoms with Crippen LogP contribution in [0.15, 0.2) is 75.8 Å². The molecule has 0 aliphatic carbocycles. The summed E-state index contributed by atoms with van der Waals surface area (Å²) in [6.45, 7) is 1.97. The third-order valence-electron chi connectivity index (χ3n) is 5.18. The number of amides is 1. The molecule has 0 aliphatic rings. The number of furan rings is 1. The van der Waals surface area contributed by atoms with E-state index in [2.05, 4.69) is 26.1 Å². The van der Waals surface area contributed by atoms with E-state index in [-0.39, 0.29) is 5.91 Å². The Labute approximate surface area is 200 Å². The number of para-hydroxylation sites is 1. The van der Waals surface area contributed by atoms with Gasteiger partial charge in [0, 0.05) is 42.0 Å². The molecule has 0 radical (unpaired) electrons. The van der Waals surface area contributed by atoms with Crippen LogP contribution in [0.4, 0.5) is 5.82 Å². The van der Waals surface area contributed by atoms with Crippen LogP contribution >= 0.6 is 15.9 Å². The summed E-state index contributed by atoms with van der Waals surface area (Å²) < 4.78 is 11.6. The minimum Gasteiger partial charge on any atom is -0.467 e. The Morgan fingerprint density at radius 2 is 1.97 bits per heavy atom. The molecule has 0 atom stereocenters. The molecule has 0 fully saturated rings. The Hall–Kier alpha value is -3.23. The van der Waals surface area contributed by atoms with Gasteiger partial charge in [0.1, 0.15) is 11.6 Å². The van der Waals surface area contributed by atoms with E-state index >= 15 is 0 Å². The van der Waals surface area contributed by atoms with Crippen LogP contribution in [0.1, 0.15) is 12.2 Å². The Balaban J connectivity index is 1.60. The van der Waals surface area contributed by atoms with E-state index in [9.17, 15) is 4.79 Å². The van der Waals surface area contributed by atoms with Crippen molar-refractivity contribution in [2.24, 2.45) is 0 Å². The minimum absolute atomic E-state index is 0.0561. The van der Waals surface area contributed by atoms with Crippen LogP contribution < -0.4 is 10.2 Å². The molecule has 2 heterocycles. The van der Waals surface area contributed by atoms with Crippen molar-refractivity contribution >= 4 is 38.6 Å². The van der Waals surface area contributed by atoms with E-state index < -0.39 is 0 Å². The largest absolute Gasteiger partial charge is 0.467 e. The number of methoxy groups -OCH3 is 1. The van der Waals surface area contributed by atoms with Crippen LogP contribution in [0.3, 0.4) is 0 Å². The number of nitrogens with zero attached hydrogens (tertiary/aromatic N) is 3. The summed E-state index contributed by atoms with van der Waals surface area (Å²) >= 11 is 3.53. The highest BCUT2D eigenvalue weighted by Crippen LogP contribution is 2.28. The standard InChI is InChI=1S/C25H25BrN4O3/c1-32-15-13-30(12-11-23(31)27-17-20-8-5-14-33-20)25-21-9-2-3-10-22(21)28-24(29-25)18-6-4-7-19(26)16-18/h2-10,14,16H,11-13,15,17H2,1H3,(H,27,31). The average Bonchev–Trinajstić information content (AvgIpc) is 3.36. The van der Waals surface area contributed by atoms with E-state index in [1.165, 1.54) is 0 Å². The Kier molecular flexibility index (Phi) is 7.70. The number of fused-ring (bicyclic) bond motifs is 1. The molecule has 0 spiro atoms. The van der Waals surface area contributed by atoms with Crippen molar-refractivity contribution in [3.05, 3.63) is 77.2 Å². The van der Waals surface area contributed by atoms with Gasteiger partial charge in [0.2, 0.25) is 5.91 Å². The Morgan fingerprint density at radius 1 is 1.09 bits per heavy atom. The first-order valence-electron chi connectivity index (χ1n) is 10.7. The zero-order chi connectivity index (χ0) is 23.0. The number of aromatic nitrogens is 2. The summed E-state index contributed by atoms with van der Waals surface area (Å²) in [5, 5.41) is 3.83. The van der Waals surface area contributed by atoms with Crippen molar-refractivity contribution in [3.63, 3.8) is 0 Å². The summed E-state index contributed by atoms with van der Waals surface area (Å²) in [7, 11) is 1.67. The second kappa shape index (κ2) is 11.1. The topological polar surface area (TPSA) is 80.5 Å². The number of hydrogen-bond acceptors (Lipinski definition) is 6. The summed E-state index contributed by atoms with van der Waals surface area (Å²) in [5.41, 5.74) is 1.77. The van der Waals surface area contributed by atoms with Crippen molar-refractivity contribution in [1.29, 1.82) is 0 Å². The van der Waals surface area contributed by atoms with Crippen LogP contribution in [0.5, 0.6) is 0 Å². The molecule has 8 heteroatoms. The Bertz CT molecular complexity index is 1210. The monoisotopic (exact) mass is 508 g/mol. The number of nitrogens with one attached hydrogen (secondary N) is 1. The van der Waals surface area contributed by atoms with E-state index in [0.29, 0.717) is 38.5 Å². The second-order valence-electron chi connectivity index (χ2n) is 7.48. The van der Waals surface area contributed by atoms with Gasteiger partial charge in [-0.25, -0.2) is 9.97 Å². The second-order valence-corrected chi connectivity index (χ2v) is 8.40. The van der Waals surface area contributed by atoms with Crippen molar-refractivity contribution in [1.82, 2.24) is 15.3 Å². The predicted molar refractivity (Wildman–Crippen MR) is 132 cm³/mol. The first-order chi connectivity index (χ1) is 16.1. The molecule has 1 N–H and O–H groups in total. The molecule has 170 valence electrons. The van der Waals surface area contributed by atoms with E-state index in [1.807, 2.05) is 54.6 Å². The van der Waals surface area contributed by atoms with Gasteiger partial charge in [-0.3, -0.25) is 4.79 Å². The lowest BCUT2D eigenvalue weighted by molar-refractivity contribution is -0.121. The first-order valence-corrected chi connectivity index (χ1v) is 11.5. The van der Waals surface area contributed by atoms with Crippen molar-refractivity contribution in [2.45, 2.75) is 13.0 Å². The molecule has 0 saturated heterocycles. The lowest BCUT2D eigenvalue weighted by Gasteiger charge is -2.25. The fourth-order valence-corrected chi connectivity index (χ4v) is 3.91. The number of halogens is 1. The highest BCUT2D eigenvalue weighted by atomic mass is 79.9. The fourth-order valence-electron chi connectivity index (χ4n) is 3.51. The number of rotatable bonds is 10. The molecular formula is C25H25BrN4O3. The van der Waals surface area contributed by atoms with Gasteiger partial charge in [0.05, 0.1) is 24.9 Å². The number of carbonyl (C=O) groups excluding carboxylic acids is 1. The van der Waals surface area contributed by atoms with Gasteiger partial charge in [0.25, 0.3) is 0 Å². The number of hydrogen-bond donors (Lipinski definition) is 1. The average molecular weight is 509 g/mol. The van der Waals surface area contributed by atoms with Crippen LogP contribution in [0.25, 0.3) is 22.3 Å². The van der Waals surface area contributed by atoms with Gasteiger partial charge >= 0.3 is 0 Å². The van der Waals surface area contributed by atoms with Crippen molar-refractivity contribution in [3.8, 4) is 11.4 Å². The highest BCUT2D eigenvalue weighted by molar-refractivity contribution is 9.10.